The summed E-state index contributed by atoms with van der Waals surface area (Å²) in [6.07, 6.45) is 0.239. The van der Waals surface area contributed by atoms with Gasteiger partial charge < -0.3 is 20.4 Å². The second-order valence-corrected chi connectivity index (χ2v) is 11.4. The third-order valence-electron chi connectivity index (χ3n) is 7.33. The van der Waals surface area contributed by atoms with Crippen molar-refractivity contribution in [1.82, 2.24) is 0 Å². The summed E-state index contributed by atoms with van der Waals surface area (Å²) in [5, 5.41) is 44.1. The Kier molecular flexibility index (Phi) is 5.55. The number of phenolic OH excluding ortho intramolecular Hbond substituents is 1. The minimum atomic E-state index is -2.47. The number of phenols is 1. The fraction of sp³-hybridized carbons (Fsp3) is 0.519. The van der Waals surface area contributed by atoms with Gasteiger partial charge in [0.1, 0.15) is 22.8 Å². The highest BCUT2D eigenvalue weighted by atomic mass is 16.3. The van der Waals surface area contributed by atoms with Gasteiger partial charge in [-0.3, -0.25) is 14.4 Å². The summed E-state index contributed by atoms with van der Waals surface area (Å²) in [5.41, 5.74) is -1.71. The molecular formula is C27H32O7. The number of allylic oxidation sites excluding steroid dienone is 1. The zero-order chi connectivity index (χ0) is 25.3. The molecule has 0 unspecified atom stereocenters. The average molecular weight is 469 g/mol. The Morgan fingerprint density at radius 3 is 2.35 bits per heavy atom. The van der Waals surface area contributed by atoms with Crippen molar-refractivity contribution in [2.75, 3.05) is 0 Å². The molecule has 34 heavy (non-hydrogen) atoms. The van der Waals surface area contributed by atoms with E-state index in [0.717, 1.165) is 11.1 Å². The summed E-state index contributed by atoms with van der Waals surface area (Å²) in [6.45, 7) is 9.41. The molecule has 4 N–H and O–H groups in total. The maximum Gasteiger partial charge on any atom is 0.202 e. The minimum Gasteiger partial charge on any atom is -0.508 e. The number of fused-ring (bicyclic) bond motifs is 3. The molecule has 1 aromatic rings. The highest BCUT2D eigenvalue weighted by molar-refractivity contribution is 6.23. The van der Waals surface area contributed by atoms with Crippen LogP contribution in [0.3, 0.4) is 0 Å². The predicted molar refractivity (Wildman–Crippen MR) is 125 cm³/mol. The van der Waals surface area contributed by atoms with Gasteiger partial charge >= 0.3 is 0 Å². The van der Waals surface area contributed by atoms with Gasteiger partial charge in [-0.25, -0.2) is 0 Å². The van der Waals surface area contributed by atoms with E-state index in [-0.39, 0.29) is 42.1 Å². The molecule has 7 heteroatoms. The van der Waals surface area contributed by atoms with Gasteiger partial charge in [0.25, 0.3) is 0 Å². The number of aliphatic hydroxyl groups is 3. The molecule has 0 radical (unpaired) electrons. The number of aliphatic hydroxyl groups excluding tert-OH is 2. The number of benzene rings is 1. The van der Waals surface area contributed by atoms with Crippen LogP contribution in [0.1, 0.15) is 76.5 Å². The Hall–Kier alpha value is -2.93. The lowest BCUT2D eigenvalue weighted by molar-refractivity contribution is -0.147. The van der Waals surface area contributed by atoms with Crippen molar-refractivity contribution < 1.29 is 34.8 Å². The van der Waals surface area contributed by atoms with Crippen molar-refractivity contribution >= 4 is 23.1 Å². The zero-order valence-corrected chi connectivity index (χ0v) is 20.2. The van der Waals surface area contributed by atoms with Gasteiger partial charge in [-0.15, -0.1) is 0 Å². The molecule has 3 aliphatic carbocycles. The average Bonchev–Trinajstić information content (AvgIpc) is 2.69. The quantitative estimate of drug-likeness (QED) is 0.492. The summed E-state index contributed by atoms with van der Waals surface area (Å²) in [6, 6.07) is 3.26. The van der Waals surface area contributed by atoms with Crippen LogP contribution in [0.15, 0.2) is 29.0 Å². The number of hydrogen-bond acceptors (Lipinski definition) is 7. The van der Waals surface area contributed by atoms with Crippen LogP contribution in [0, 0.1) is 17.3 Å². The summed E-state index contributed by atoms with van der Waals surface area (Å²) >= 11 is 0. The molecular weight excluding hydrogens is 436 g/mol. The normalized spacial score (nSPS) is 27.0. The van der Waals surface area contributed by atoms with Crippen molar-refractivity contribution in [1.29, 1.82) is 0 Å². The van der Waals surface area contributed by atoms with E-state index in [9.17, 15) is 34.8 Å². The fourth-order valence-corrected chi connectivity index (χ4v) is 5.79. The molecule has 0 spiro atoms. The lowest BCUT2D eigenvalue weighted by Crippen LogP contribution is -2.58. The number of hydrogen-bond donors (Lipinski definition) is 4. The summed E-state index contributed by atoms with van der Waals surface area (Å²) in [5.74, 6) is -4.93. The molecule has 182 valence electrons. The summed E-state index contributed by atoms with van der Waals surface area (Å²) in [4.78, 5) is 39.4. The van der Waals surface area contributed by atoms with Crippen molar-refractivity contribution in [3.05, 3.63) is 45.7 Å². The highest BCUT2D eigenvalue weighted by Crippen LogP contribution is 2.52. The molecule has 0 saturated heterocycles. The lowest BCUT2D eigenvalue weighted by atomic mass is 9.58. The molecule has 3 atom stereocenters. The second-order valence-electron chi connectivity index (χ2n) is 11.4. The molecule has 0 aromatic heterocycles. The topological polar surface area (TPSA) is 132 Å². The van der Waals surface area contributed by atoms with Crippen LogP contribution in [-0.4, -0.2) is 43.4 Å². The van der Waals surface area contributed by atoms with E-state index in [1.165, 1.54) is 6.07 Å². The van der Waals surface area contributed by atoms with Crippen molar-refractivity contribution in [3.8, 4) is 5.75 Å². The number of rotatable bonds is 3. The first-order valence-electron chi connectivity index (χ1n) is 11.7. The Morgan fingerprint density at radius 2 is 1.76 bits per heavy atom. The van der Waals surface area contributed by atoms with E-state index in [0.29, 0.717) is 6.42 Å². The molecule has 3 aliphatic rings. The molecule has 1 saturated carbocycles. The Balaban J connectivity index is 1.88. The second kappa shape index (κ2) is 7.80. The number of Topliss-reactive ketones (excluding diaryl/α,β-unsaturated/α-hetero) is 3. The molecule has 4 rings (SSSR count). The number of aromatic hydroxyl groups is 1. The summed E-state index contributed by atoms with van der Waals surface area (Å²) in [7, 11) is 0. The van der Waals surface area contributed by atoms with Gasteiger partial charge in [-0.2, -0.15) is 0 Å². The maximum atomic E-state index is 13.7. The van der Waals surface area contributed by atoms with Crippen molar-refractivity contribution in [3.63, 3.8) is 0 Å². The fourth-order valence-electron chi connectivity index (χ4n) is 5.79. The number of ketones is 3. The monoisotopic (exact) mass is 468 g/mol. The molecule has 0 bridgehead atoms. The number of carbonyl (C=O) groups is 3. The molecule has 7 nitrogen and oxygen atoms in total. The van der Waals surface area contributed by atoms with E-state index < -0.39 is 57.3 Å². The first kappa shape index (κ1) is 24.2. The van der Waals surface area contributed by atoms with E-state index in [4.69, 9.17) is 0 Å². The molecule has 1 aromatic carbocycles. The van der Waals surface area contributed by atoms with Crippen LogP contribution in [0.4, 0.5) is 0 Å². The minimum absolute atomic E-state index is 0.0388. The third-order valence-corrected chi connectivity index (χ3v) is 7.33. The van der Waals surface area contributed by atoms with Gasteiger partial charge in [0.05, 0.1) is 5.56 Å². The standard InChI is InChI=1S/C27H32O7/c1-12(2)15-6-7-17(28)21-16(15)9-13-8-14-10-18(29)22(19(30)11-26(3,4)5)25(33)27(14,34)24(32)20(13)23(21)31/h6-7,12-14,28,31,33-34H,8-11H2,1-5H3/t13-,14+,27+/m1/s1. The Bertz CT molecular complexity index is 1180. The molecule has 0 heterocycles. The third kappa shape index (κ3) is 3.49. The van der Waals surface area contributed by atoms with Gasteiger partial charge in [0.2, 0.25) is 5.78 Å². The van der Waals surface area contributed by atoms with Crippen LogP contribution < -0.4 is 0 Å². The Morgan fingerprint density at radius 1 is 1.12 bits per heavy atom. The van der Waals surface area contributed by atoms with Crippen molar-refractivity contribution in [2.45, 2.75) is 71.8 Å². The predicted octanol–water partition coefficient (Wildman–Crippen LogP) is 4.07. The molecule has 0 amide bonds. The highest BCUT2D eigenvalue weighted by Gasteiger charge is 2.60. The summed E-state index contributed by atoms with van der Waals surface area (Å²) < 4.78 is 0. The van der Waals surface area contributed by atoms with Crippen LogP contribution in [0.2, 0.25) is 0 Å². The molecule has 0 aliphatic heterocycles. The van der Waals surface area contributed by atoms with E-state index in [1.807, 2.05) is 34.6 Å². The van der Waals surface area contributed by atoms with E-state index in [2.05, 4.69) is 0 Å². The van der Waals surface area contributed by atoms with Gasteiger partial charge in [-0.05, 0) is 47.3 Å². The van der Waals surface area contributed by atoms with E-state index >= 15 is 0 Å². The van der Waals surface area contributed by atoms with Crippen LogP contribution in [0.5, 0.6) is 5.75 Å². The SMILES string of the molecule is CC(C)c1ccc(O)c2c1C[C@H]1C[C@H]3CC(=O)C(C(=O)CC(C)(C)C)=C(O)[C@@]3(O)C(=O)C1=C2O. The Labute approximate surface area is 198 Å². The van der Waals surface area contributed by atoms with Gasteiger partial charge in [-0.1, -0.05) is 40.7 Å². The zero-order valence-electron chi connectivity index (χ0n) is 20.2. The van der Waals surface area contributed by atoms with Gasteiger partial charge in [0.15, 0.2) is 17.2 Å². The molecule has 1 fully saturated rings. The number of carbonyl (C=O) groups excluding carboxylic acids is 3. The maximum absolute atomic E-state index is 13.7. The van der Waals surface area contributed by atoms with Crippen LogP contribution in [-0.2, 0) is 20.8 Å². The largest absolute Gasteiger partial charge is 0.508 e. The smallest absolute Gasteiger partial charge is 0.202 e. The van der Waals surface area contributed by atoms with E-state index in [1.54, 1.807) is 6.07 Å². The lowest BCUT2D eigenvalue weighted by Gasteiger charge is -2.46. The van der Waals surface area contributed by atoms with Crippen LogP contribution >= 0.6 is 0 Å². The van der Waals surface area contributed by atoms with Crippen LogP contribution in [0.25, 0.3) is 5.76 Å². The first-order valence-corrected chi connectivity index (χ1v) is 11.7. The van der Waals surface area contributed by atoms with Crippen molar-refractivity contribution in [2.24, 2.45) is 17.3 Å². The van der Waals surface area contributed by atoms with Gasteiger partial charge in [0, 0.05) is 24.3 Å². The first-order chi connectivity index (χ1) is 15.7.